The van der Waals surface area contributed by atoms with Crippen molar-refractivity contribution in [3.05, 3.63) is 83.9 Å². The van der Waals surface area contributed by atoms with E-state index in [-0.39, 0.29) is 11.7 Å². The predicted octanol–water partition coefficient (Wildman–Crippen LogP) is 4.67. The van der Waals surface area contributed by atoms with E-state index >= 15 is 0 Å². The molecule has 0 saturated heterocycles. The van der Waals surface area contributed by atoms with Gasteiger partial charge < -0.3 is 14.2 Å². The van der Waals surface area contributed by atoms with E-state index in [0.717, 1.165) is 5.52 Å². The summed E-state index contributed by atoms with van der Waals surface area (Å²) in [6, 6.07) is 21.3. The number of carbonyl (C=O) groups excluding carboxylic acids is 1. The van der Waals surface area contributed by atoms with Gasteiger partial charge in [0, 0.05) is 11.1 Å². The minimum absolute atomic E-state index is 0.0812. The molecule has 0 unspecified atom stereocenters. The molecule has 4 aromatic rings. The summed E-state index contributed by atoms with van der Waals surface area (Å²) in [6.07, 6.45) is 0. The molecule has 6 nitrogen and oxygen atoms in total. The van der Waals surface area contributed by atoms with Gasteiger partial charge in [0.15, 0.2) is 5.78 Å². The zero-order valence-corrected chi connectivity index (χ0v) is 16.0. The average molecular weight is 386 g/mol. The number of hydrogen-bond acceptors (Lipinski definition) is 6. The van der Waals surface area contributed by atoms with Crippen LogP contribution >= 0.6 is 0 Å². The Bertz CT molecular complexity index is 1160. The molecule has 0 N–H and O–H groups in total. The first-order valence-corrected chi connectivity index (χ1v) is 8.95. The first-order valence-electron chi connectivity index (χ1n) is 8.95. The summed E-state index contributed by atoms with van der Waals surface area (Å²) in [5.41, 5.74) is 2.56. The first kappa shape index (κ1) is 18.4. The van der Waals surface area contributed by atoms with Crippen LogP contribution < -0.4 is 14.2 Å². The molecule has 0 aliphatic heterocycles. The van der Waals surface area contributed by atoms with Crippen molar-refractivity contribution in [2.75, 3.05) is 14.2 Å². The van der Waals surface area contributed by atoms with E-state index in [4.69, 9.17) is 14.2 Å². The lowest BCUT2D eigenvalue weighted by Gasteiger charge is -2.10. The van der Waals surface area contributed by atoms with Gasteiger partial charge in [-0.2, -0.15) is 0 Å². The number of ketones is 1. The fourth-order valence-corrected chi connectivity index (χ4v) is 2.86. The highest BCUT2D eigenvalue weighted by Gasteiger charge is 2.13. The number of benzene rings is 3. The Morgan fingerprint density at radius 1 is 0.655 bits per heavy atom. The second-order valence-electron chi connectivity index (χ2n) is 6.21. The van der Waals surface area contributed by atoms with Crippen LogP contribution in [0.15, 0.2) is 72.8 Å². The molecule has 0 amide bonds. The smallest absolute Gasteiger partial charge is 0.284 e. The monoisotopic (exact) mass is 386 g/mol. The average Bonchev–Trinajstić information content (AvgIpc) is 2.78. The second-order valence-corrected chi connectivity index (χ2v) is 6.21. The molecule has 0 radical (unpaired) electrons. The molecule has 0 saturated carbocycles. The quantitative estimate of drug-likeness (QED) is 0.449. The highest BCUT2D eigenvalue weighted by Crippen LogP contribution is 2.30. The van der Waals surface area contributed by atoms with Crippen LogP contribution in [0.25, 0.3) is 11.0 Å². The van der Waals surface area contributed by atoms with Gasteiger partial charge in [-0.25, -0.2) is 9.97 Å². The number of methoxy groups -OCH3 is 2. The molecule has 1 heterocycles. The fraction of sp³-hybridized carbons (Fsp3) is 0.0870. The largest absolute Gasteiger partial charge is 0.497 e. The lowest BCUT2D eigenvalue weighted by molar-refractivity contribution is 0.103. The standard InChI is InChI=1S/C23H18N2O4/c1-27-17-11-7-15(8-12-17)21(26)16-9-13-18(14-10-16)29-23-22(28-2)24-19-5-3-4-6-20(19)25-23/h3-14H,1-2H3. The lowest BCUT2D eigenvalue weighted by atomic mass is 10.0. The molecule has 0 aliphatic carbocycles. The Balaban J connectivity index is 1.56. The molecule has 4 rings (SSSR count). The van der Waals surface area contributed by atoms with E-state index in [2.05, 4.69) is 9.97 Å². The van der Waals surface area contributed by atoms with Crippen molar-refractivity contribution in [1.82, 2.24) is 9.97 Å². The molecule has 6 heteroatoms. The van der Waals surface area contributed by atoms with E-state index in [1.54, 1.807) is 55.6 Å². The lowest BCUT2D eigenvalue weighted by Crippen LogP contribution is -2.01. The second kappa shape index (κ2) is 7.98. The van der Waals surface area contributed by atoms with Gasteiger partial charge in [-0.05, 0) is 60.7 Å². The molecule has 3 aromatic carbocycles. The summed E-state index contributed by atoms with van der Waals surface area (Å²) in [5, 5.41) is 0. The maximum atomic E-state index is 12.6. The third-order valence-corrected chi connectivity index (χ3v) is 4.39. The molecule has 144 valence electrons. The minimum atomic E-state index is -0.0812. The first-order chi connectivity index (χ1) is 14.2. The van der Waals surface area contributed by atoms with Crippen molar-refractivity contribution < 1.29 is 19.0 Å². The van der Waals surface area contributed by atoms with Crippen molar-refractivity contribution in [3.63, 3.8) is 0 Å². The predicted molar refractivity (Wildman–Crippen MR) is 109 cm³/mol. The van der Waals surface area contributed by atoms with Gasteiger partial charge >= 0.3 is 0 Å². The Morgan fingerprint density at radius 3 is 1.69 bits per heavy atom. The van der Waals surface area contributed by atoms with E-state index < -0.39 is 0 Å². The molecule has 0 spiro atoms. The van der Waals surface area contributed by atoms with Crippen LogP contribution in [-0.2, 0) is 0 Å². The molecule has 0 fully saturated rings. The summed E-state index contributed by atoms with van der Waals surface area (Å²) < 4.78 is 16.3. The van der Waals surface area contributed by atoms with Crippen molar-refractivity contribution in [2.24, 2.45) is 0 Å². The maximum Gasteiger partial charge on any atom is 0.284 e. The molecule has 0 atom stereocenters. The minimum Gasteiger partial charge on any atom is -0.497 e. The van der Waals surface area contributed by atoms with Crippen LogP contribution in [0, 0.1) is 0 Å². The normalized spacial score (nSPS) is 10.6. The molecular weight excluding hydrogens is 368 g/mol. The zero-order valence-electron chi connectivity index (χ0n) is 16.0. The summed E-state index contributed by atoms with van der Waals surface area (Å²) in [4.78, 5) is 21.5. The molecule has 29 heavy (non-hydrogen) atoms. The number of ether oxygens (including phenoxy) is 3. The zero-order chi connectivity index (χ0) is 20.2. The van der Waals surface area contributed by atoms with Crippen molar-refractivity contribution >= 4 is 16.8 Å². The Morgan fingerprint density at radius 2 is 1.17 bits per heavy atom. The summed E-state index contributed by atoms with van der Waals surface area (Å²) in [5.74, 6) is 1.71. The Hall–Kier alpha value is -3.93. The van der Waals surface area contributed by atoms with Gasteiger partial charge in [0.1, 0.15) is 11.5 Å². The highest BCUT2D eigenvalue weighted by molar-refractivity contribution is 6.09. The van der Waals surface area contributed by atoms with Crippen LogP contribution in [-0.4, -0.2) is 30.0 Å². The number of hydrogen-bond donors (Lipinski definition) is 0. The van der Waals surface area contributed by atoms with E-state index in [1.807, 2.05) is 24.3 Å². The van der Waals surface area contributed by atoms with Gasteiger partial charge in [0.25, 0.3) is 11.8 Å². The summed E-state index contributed by atoms with van der Waals surface area (Å²) >= 11 is 0. The SMILES string of the molecule is COc1ccc(C(=O)c2ccc(Oc3nc4ccccc4nc3OC)cc2)cc1. The van der Waals surface area contributed by atoms with Gasteiger partial charge in [0.05, 0.1) is 25.3 Å². The summed E-state index contributed by atoms with van der Waals surface area (Å²) in [6.45, 7) is 0. The van der Waals surface area contributed by atoms with Gasteiger partial charge in [-0.3, -0.25) is 4.79 Å². The van der Waals surface area contributed by atoms with Crippen LogP contribution in [0.3, 0.4) is 0 Å². The Kier molecular flexibility index (Phi) is 5.07. The van der Waals surface area contributed by atoms with Gasteiger partial charge in [0.2, 0.25) is 0 Å². The van der Waals surface area contributed by atoms with Crippen LogP contribution in [0.4, 0.5) is 0 Å². The topological polar surface area (TPSA) is 70.5 Å². The van der Waals surface area contributed by atoms with Crippen LogP contribution in [0.2, 0.25) is 0 Å². The number of para-hydroxylation sites is 2. The van der Waals surface area contributed by atoms with Crippen molar-refractivity contribution in [1.29, 1.82) is 0 Å². The number of fused-ring (bicyclic) bond motifs is 1. The number of aromatic nitrogens is 2. The van der Waals surface area contributed by atoms with Gasteiger partial charge in [-0.15, -0.1) is 0 Å². The number of nitrogens with zero attached hydrogens (tertiary/aromatic N) is 2. The highest BCUT2D eigenvalue weighted by atomic mass is 16.5. The van der Waals surface area contributed by atoms with Crippen molar-refractivity contribution in [2.45, 2.75) is 0 Å². The number of rotatable bonds is 6. The third kappa shape index (κ3) is 3.87. The van der Waals surface area contributed by atoms with E-state index in [9.17, 15) is 4.79 Å². The third-order valence-electron chi connectivity index (χ3n) is 4.39. The fourth-order valence-electron chi connectivity index (χ4n) is 2.86. The van der Waals surface area contributed by atoms with Crippen LogP contribution in [0.1, 0.15) is 15.9 Å². The van der Waals surface area contributed by atoms with E-state index in [1.165, 1.54) is 7.11 Å². The summed E-state index contributed by atoms with van der Waals surface area (Å²) in [7, 11) is 3.10. The molecule has 0 aliphatic rings. The van der Waals surface area contributed by atoms with Gasteiger partial charge in [-0.1, -0.05) is 12.1 Å². The van der Waals surface area contributed by atoms with Crippen LogP contribution in [0.5, 0.6) is 23.3 Å². The molecule has 0 bridgehead atoms. The molecule has 1 aromatic heterocycles. The maximum absolute atomic E-state index is 12.6. The Labute approximate surface area is 167 Å². The van der Waals surface area contributed by atoms with E-state index in [0.29, 0.717) is 34.0 Å². The molecular formula is C23H18N2O4. The van der Waals surface area contributed by atoms with Crippen molar-refractivity contribution in [3.8, 4) is 23.3 Å². The number of carbonyl (C=O) groups is 1.